The molecule has 2 unspecified atom stereocenters. The number of carbonyl (C=O) groups is 2. The molecular formula is C25H26O4Se. The summed E-state index contributed by atoms with van der Waals surface area (Å²) >= 11 is 0.230. The monoisotopic (exact) mass is 470 g/mol. The number of rotatable bonds is 5. The average Bonchev–Trinajstić information content (AvgIpc) is 3.36. The number of benzene rings is 2. The fourth-order valence-corrected chi connectivity index (χ4v) is 8.23. The molecule has 0 amide bonds. The molecule has 0 aromatic heterocycles. The van der Waals surface area contributed by atoms with E-state index in [1.807, 2.05) is 30.3 Å². The Morgan fingerprint density at radius 2 is 1.53 bits per heavy atom. The van der Waals surface area contributed by atoms with Gasteiger partial charge in [0.1, 0.15) is 0 Å². The van der Waals surface area contributed by atoms with Crippen LogP contribution in [-0.4, -0.2) is 41.1 Å². The van der Waals surface area contributed by atoms with E-state index in [0.29, 0.717) is 11.2 Å². The Balaban J connectivity index is 1.84. The normalized spacial score (nSPS) is 24.5. The molecule has 0 radical (unpaired) electrons. The summed E-state index contributed by atoms with van der Waals surface area (Å²) in [6.45, 7) is 0. The van der Waals surface area contributed by atoms with Crippen molar-refractivity contribution in [1.29, 1.82) is 0 Å². The molecule has 4 nitrogen and oxygen atoms in total. The van der Waals surface area contributed by atoms with E-state index in [1.165, 1.54) is 18.7 Å². The molecule has 30 heavy (non-hydrogen) atoms. The van der Waals surface area contributed by atoms with Crippen molar-refractivity contribution in [2.45, 2.75) is 30.5 Å². The van der Waals surface area contributed by atoms with Gasteiger partial charge in [-0.05, 0) is 0 Å². The van der Waals surface area contributed by atoms with Crippen molar-refractivity contribution in [1.82, 2.24) is 0 Å². The third-order valence-electron chi connectivity index (χ3n) is 6.43. The zero-order valence-corrected chi connectivity index (χ0v) is 19.0. The van der Waals surface area contributed by atoms with Crippen LogP contribution >= 0.6 is 0 Å². The summed E-state index contributed by atoms with van der Waals surface area (Å²) in [6, 6.07) is 20.7. The van der Waals surface area contributed by atoms with E-state index in [4.69, 9.17) is 9.47 Å². The van der Waals surface area contributed by atoms with Crippen LogP contribution in [0.15, 0.2) is 66.7 Å². The molecule has 2 aromatic rings. The maximum atomic E-state index is 13.0. The molecule has 2 aromatic carbocycles. The summed E-state index contributed by atoms with van der Waals surface area (Å²) in [4.78, 5) is 26.3. The Labute approximate surface area is 183 Å². The Morgan fingerprint density at radius 3 is 2.13 bits per heavy atom. The van der Waals surface area contributed by atoms with E-state index >= 15 is 0 Å². The van der Waals surface area contributed by atoms with E-state index in [9.17, 15) is 9.59 Å². The van der Waals surface area contributed by atoms with Gasteiger partial charge in [-0.15, -0.1) is 0 Å². The first-order chi connectivity index (χ1) is 14.6. The van der Waals surface area contributed by atoms with Crippen LogP contribution in [0.5, 0.6) is 0 Å². The first-order valence-corrected chi connectivity index (χ1v) is 12.1. The predicted molar refractivity (Wildman–Crippen MR) is 117 cm³/mol. The fourth-order valence-electron chi connectivity index (χ4n) is 5.12. The zero-order valence-electron chi connectivity index (χ0n) is 17.3. The van der Waals surface area contributed by atoms with Gasteiger partial charge in [0.25, 0.3) is 0 Å². The van der Waals surface area contributed by atoms with Crippen LogP contribution in [0.1, 0.15) is 31.2 Å². The van der Waals surface area contributed by atoms with Crippen molar-refractivity contribution in [3.63, 3.8) is 0 Å². The van der Waals surface area contributed by atoms with E-state index in [-0.39, 0.29) is 20.4 Å². The van der Waals surface area contributed by atoms with Gasteiger partial charge in [0.05, 0.1) is 0 Å². The number of hydrogen-bond acceptors (Lipinski definition) is 4. The average molecular weight is 469 g/mol. The molecule has 0 saturated heterocycles. The van der Waals surface area contributed by atoms with Gasteiger partial charge >= 0.3 is 184 Å². The van der Waals surface area contributed by atoms with Crippen LogP contribution in [-0.2, 0) is 19.1 Å². The molecule has 0 aliphatic heterocycles. The SMILES string of the molecule is COC(=O)C1(C(=O)OC)C=C(c2ccccc2)C2(CCCC2[Se]c2ccccc2)C1. The number of ether oxygens (including phenoxy) is 2. The van der Waals surface area contributed by atoms with Crippen LogP contribution in [0.2, 0.25) is 4.82 Å². The van der Waals surface area contributed by atoms with Gasteiger partial charge in [0.2, 0.25) is 0 Å². The van der Waals surface area contributed by atoms with Gasteiger partial charge in [-0.25, -0.2) is 0 Å². The number of allylic oxidation sites excluding steroid dienone is 1. The second kappa shape index (κ2) is 8.41. The quantitative estimate of drug-likeness (QED) is 0.380. The summed E-state index contributed by atoms with van der Waals surface area (Å²) in [5, 5.41) is 0. The Hall–Kier alpha value is -2.36. The van der Waals surface area contributed by atoms with Crippen molar-refractivity contribution in [2.24, 2.45) is 10.8 Å². The molecule has 0 bridgehead atoms. The van der Waals surface area contributed by atoms with Crippen LogP contribution in [0.3, 0.4) is 0 Å². The predicted octanol–water partition coefficient (Wildman–Crippen LogP) is 3.79. The van der Waals surface area contributed by atoms with Gasteiger partial charge in [0.15, 0.2) is 0 Å². The zero-order chi connectivity index (χ0) is 21.2. The van der Waals surface area contributed by atoms with E-state index in [2.05, 4.69) is 36.4 Å². The summed E-state index contributed by atoms with van der Waals surface area (Å²) in [6.07, 6.45) is 5.42. The fraction of sp³-hybridized carbons (Fsp3) is 0.360. The minimum absolute atomic E-state index is 0.230. The van der Waals surface area contributed by atoms with Crippen molar-refractivity contribution in [3.05, 3.63) is 72.3 Å². The topological polar surface area (TPSA) is 52.6 Å². The van der Waals surface area contributed by atoms with Crippen molar-refractivity contribution >= 4 is 36.9 Å². The number of hydrogen-bond donors (Lipinski definition) is 0. The van der Waals surface area contributed by atoms with Gasteiger partial charge in [0, 0.05) is 0 Å². The minimum atomic E-state index is -1.38. The van der Waals surface area contributed by atoms with Crippen molar-refractivity contribution < 1.29 is 19.1 Å². The Bertz CT molecular complexity index is 938. The molecule has 2 aliphatic carbocycles. The van der Waals surface area contributed by atoms with E-state index < -0.39 is 17.4 Å². The van der Waals surface area contributed by atoms with E-state index in [1.54, 1.807) is 0 Å². The van der Waals surface area contributed by atoms with Crippen LogP contribution in [0.4, 0.5) is 0 Å². The summed E-state index contributed by atoms with van der Waals surface area (Å²) < 4.78 is 11.6. The van der Waals surface area contributed by atoms with Crippen LogP contribution < -0.4 is 4.46 Å². The van der Waals surface area contributed by atoms with E-state index in [0.717, 1.165) is 30.4 Å². The number of esters is 2. The van der Waals surface area contributed by atoms with Crippen LogP contribution in [0, 0.1) is 10.8 Å². The molecular weight excluding hydrogens is 443 g/mol. The standard InChI is InChI=1S/C25H26O4Se/c1-28-22(26)25(23(27)29-2)16-20(18-10-5-3-6-11-18)24(17-25)15-9-14-21(24)30-19-12-7-4-8-13-19/h3-8,10-13,16,21H,9,14-15,17H2,1-2H3. The third kappa shape index (κ3) is 3.40. The second-order valence-electron chi connectivity index (χ2n) is 8.02. The number of carbonyl (C=O) groups excluding carboxylic acids is 2. The van der Waals surface area contributed by atoms with Gasteiger partial charge in [-0.2, -0.15) is 0 Å². The first kappa shape index (κ1) is 20.9. The maximum absolute atomic E-state index is 13.0. The van der Waals surface area contributed by atoms with Crippen LogP contribution in [0.25, 0.3) is 5.57 Å². The Kier molecular flexibility index (Phi) is 5.86. The summed E-state index contributed by atoms with van der Waals surface area (Å²) in [5.41, 5.74) is 0.547. The van der Waals surface area contributed by atoms with Gasteiger partial charge in [-0.1, -0.05) is 0 Å². The molecule has 5 heteroatoms. The molecule has 1 spiro atoms. The second-order valence-corrected chi connectivity index (χ2v) is 10.7. The molecule has 156 valence electrons. The summed E-state index contributed by atoms with van der Waals surface area (Å²) in [5.74, 6) is -1.06. The molecule has 2 atom stereocenters. The number of methoxy groups -OCH3 is 2. The van der Waals surface area contributed by atoms with Crippen molar-refractivity contribution in [3.8, 4) is 0 Å². The molecule has 2 aliphatic rings. The molecule has 4 rings (SSSR count). The van der Waals surface area contributed by atoms with Crippen molar-refractivity contribution in [2.75, 3.05) is 14.2 Å². The molecule has 1 saturated carbocycles. The molecule has 1 fully saturated rings. The third-order valence-corrected chi connectivity index (χ3v) is 9.61. The molecule has 0 N–H and O–H groups in total. The Morgan fingerprint density at radius 1 is 0.933 bits per heavy atom. The van der Waals surface area contributed by atoms with Gasteiger partial charge < -0.3 is 0 Å². The first-order valence-electron chi connectivity index (χ1n) is 10.2. The van der Waals surface area contributed by atoms with Gasteiger partial charge in [-0.3, -0.25) is 0 Å². The summed E-state index contributed by atoms with van der Waals surface area (Å²) in [7, 11) is 2.68. The molecule has 0 heterocycles.